The van der Waals surface area contributed by atoms with Crippen LogP contribution in [0.4, 0.5) is 5.69 Å². The summed E-state index contributed by atoms with van der Waals surface area (Å²) in [5.74, 6) is 0.945. The van der Waals surface area contributed by atoms with Crippen molar-refractivity contribution in [3.05, 3.63) is 24.3 Å². The first-order valence-electron chi connectivity index (χ1n) is 7.98. The van der Waals surface area contributed by atoms with Crippen molar-refractivity contribution >= 4 is 17.5 Å². The molecule has 1 aromatic rings. The fraction of sp³-hybridized carbons (Fsp3) is 0.529. The summed E-state index contributed by atoms with van der Waals surface area (Å²) < 4.78 is 5.47. The lowest BCUT2D eigenvalue weighted by Gasteiger charge is -2.26. The Morgan fingerprint density at radius 3 is 2.82 bits per heavy atom. The Bertz CT molecular complexity index is 573. The number of piperidine rings is 1. The highest BCUT2D eigenvalue weighted by Crippen LogP contribution is 2.37. The zero-order chi connectivity index (χ0) is 15.5. The number of nitrogens with zero attached hydrogens (tertiary/aromatic N) is 1. The molecule has 3 rings (SSSR count). The lowest BCUT2D eigenvalue weighted by molar-refractivity contribution is -0.135. The van der Waals surface area contributed by atoms with Gasteiger partial charge in [0.2, 0.25) is 11.8 Å². The normalized spacial score (nSPS) is 22.7. The van der Waals surface area contributed by atoms with Crippen molar-refractivity contribution in [2.24, 2.45) is 5.92 Å². The van der Waals surface area contributed by atoms with Crippen molar-refractivity contribution in [2.75, 3.05) is 18.5 Å². The molecule has 1 N–H and O–H groups in total. The number of anilines is 1. The summed E-state index contributed by atoms with van der Waals surface area (Å²) in [5.41, 5.74) is 0.616. The van der Waals surface area contributed by atoms with Crippen LogP contribution in [0.15, 0.2) is 24.3 Å². The van der Waals surface area contributed by atoms with Gasteiger partial charge in [0.15, 0.2) is 0 Å². The number of carbonyl (C=O) groups is 2. The van der Waals surface area contributed by atoms with Crippen molar-refractivity contribution < 1.29 is 14.3 Å². The van der Waals surface area contributed by atoms with Gasteiger partial charge in [-0.05, 0) is 44.2 Å². The Labute approximate surface area is 130 Å². The van der Waals surface area contributed by atoms with E-state index < -0.39 is 0 Å². The van der Waals surface area contributed by atoms with E-state index in [0.717, 1.165) is 19.4 Å². The minimum absolute atomic E-state index is 0.0569. The number of nitrogens with one attached hydrogen (secondary N) is 1. The van der Waals surface area contributed by atoms with E-state index in [4.69, 9.17) is 4.74 Å². The van der Waals surface area contributed by atoms with Crippen molar-refractivity contribution in [3.8, 4) is 5.75 Å². The fourth-order valence-corrected chi connectivity index (χ4v) is 3.51. The van der Waals surface area contributed by atoms with Gasteiger partial charge in [-0.1, -0.05) is 12.1 Å². The molecule has 22 heavy (non-hydrogen) atoms. The predicted molar refractivity (Wildman–Crippen MR) is 83.7 cm³/mol. The number of ether oxygens (including phenoxy) is 1. The highest BCUT2D eigenvalue weighted by molar-refractivity contribution is 6.04. The van der Waals surface area contributed by atoms with Gasteiger partial charge in [0, 0.05) is 12.6 Å². The van der Waals surface area contributed by atoms with Gasteiger partial charge in [-0.2, -0.15) is 0 Å². The second kappa shape index (κ2) is 6.38. The molecule has 1 aromatic carbocycles. The van der Waals surface area contributed by atoms with E-state index in [2.05, 4.69) is 5.32 Å². The Hall–Kier alpha value is -2.04. The molecule has 2 bridgehead atoms. The highest BCUT2D eigenvalue weighted by Gasteiger charge is 2.40. The van der Waals surface area contributed by atoms with E-state index in [-0.39, 0.29) is 18.2 Å². The first-order valence-corrected chi connectivity index (χ1v) is 7.98. The maximum absolute atomic E-state index is 12.3. The van der Waals surface area contributed by atoms with E-state index in [0.29, 0.717) is 30.0 Å². The summed E-state index contributed by atoms with van der Waals surface area (Å²) >= 11 is 0. The molecule has 5 heteroatoms. The van der Waals surface area contributed by atoms with Crippen LogP contribution in [0.5, 0.6) is 5.75 Å². The molecule has 1 heterocycles. The second-order valence-electron chi connectivity index (χ2n) is 6.03. The minimum atomic E-state index is -0.278. The molecule has 1 aliphatic carbocycles. The Kier molecular flexibility index (Phi) is 4.32. The molecule has 2 aliphatic rings. The summed E-state index contributed by atoms with van der Waals surface area (Å²) in [6.07, 6.45) is 3.33. The number of carbonyl (C=O) groups excluding carboxylic acids is 2. The van der Waals surface area contributed by atoms with E-state index in [9.17, 15) is 9.59 Å². The topological polar surface area (TPSA) is 58.6 Å². The van der Waals surface area contributed by atoms with E-state index in [1.54, 1.807) is 12.1 Å². The summed E-state index contributed by atoms with van der Waals surface area (Å²) in [6, 6.07) is 7.64. The first-order chi connectivity index (χ1) is 10.7. The third kappa shape index (κ3) is 3.08. The zero-order valence-corrected chi connectivity index (χ0v) is 12.9. The average molecular weight is 302 g/mol. The molecule has 5 nitrogen and oxygen atoms in total. The molecule has 2 atom stereocenters. The van der Waals surface area contributed by atoms with Crippen LogP contribution in [0, 0.1) is 5.92 Å². The number of benzene rings is 1. The van der Waals surface area contributed by atoms with Crippen molar-refractivity contribution in [3.63, 3.8) is 0 Å². The smallest absolute Gasteiger partial charge is 0.233 e. The fourth-order valence-electron chi connectivity index (χ4n) is 3.51. The van der Waals surface area contributed by atoms with Gasteiger partial charge in [-0.15, -0.1) is 0 Å². The van der Waals surface area contributed by atoms with Crippen molar-refractivity contribution in [1.29, 1.82) is 0 Å². The average Bonchev–Trinajstić information content (AvgIpc) is 3.12. The van der Waals surface area contributed by atoms with Crippen LogP contribution >= 0.6 is 0 Å². The molecular formula is C17H22N2O3. The van der Waals surface area contributed by atoms with Gasteiger partial charge in [0.25, 0.3) is 0 Å². The van der Waals surface area contributed by atoms with Gasteiger partial charge in [0.1, 0.15) is 12.2 Å². The molecule has 1 aliphatic heterocycles. The molecule has 0 unspecified atom stereocenters. The highest BCUT2D eigenvalue weighted by atomic mass is 16.5. The summed E-state index contributed by atoms with van der Waals surface area (Å²) in [4.78, 5) is 26.3. The Morgan fingerprint density at radius 1 is 1.32 bits per heavy atom. The monoisotopic (exact) mass is 302 g/mol. The first kappa shape index (κ1) is 14.9. The van der Waals surface area contributed by atoms with E-state index in [1.165, 1.54) is 6.42 Å². The third-order valence-electron chi connectivity index (χ3n) is 4.50. The number of rotatable bonds is 5. The summed E-state index contributed by atoms with van der Waals surface area (Å²) in [5, 5.41) is 2.78. The molecule has 2 fully saturated rings. The minimum Gasteiger partial charge on any atom is -0.492 e. The van der Waals surface area contributed by atoms with Gasteiger partial charge in [-0.25, -0.2) is 0 Å². The SMILES string of the molecule is CCOc1ccccc1NC(=O)CC(=O)N1C[C@H]2CC[C@H]1C2. The van der Waals surface area contributed by atoms with Gasteiger partial charge >= 0.3 is 0 Å². The van der Waals surface area contributed by atoms with E-state index >= 15 is 0 Å². The lowest BCUT2D eigenvalue weighted by Crippen LogP contribution is -2.39. The van der Waals surface area contributed by atoms with Crippen LogP contribution in [0.2, 0.25) is 0 Å². The predicted octanol–water partition coefficient (Wildman–Crippen LogP) is 2.42. The molecule has 2 amide bonds. The number of likely N-dealkylation sites (tertiary alicyclic amines) is 1. The van der Waals surface area contributed by atoms with Crippen LogP contribution in [-0.4, -0.2) is 35.9 Å². The Balaban J connectivity index is 1.57. The number of hydrogen-bond acceptors (Lipinski definition) is 3. The van der Waals surface area contributed by atoms with Crippen LogP contribution in [0.1, 0.15) is 32.6 Å². The lowest BCUT2D eigenvalue weighted by atomic mass is 10.1. The van der Waals surface area contributed by atoms with Gasteiger partial charge < -0.3 is 15.0 Å². The summed E-state index contributed by atoms with van der Waals surface area (Å²) in [6.45, 7) is 3.25. The quantitative estimate of drug-likeness (QED) is 0.850. The molecular weight excluding hydrogens is 280 g/mol. The van der Waals surface area contributed by atoms with Crippen LogP contribution in [0.3, 0.4) is 0 Å². The number of fused-ring (bicyclic) bond motifs is 2. The van der Waals surface area contributed by atoms with Gasteiger partial charge in [0.05, 0.1) is 12.3 Å². The van der Waals surface area contributed by atoms with Crippen LogP contribution < -0.4 is 10.1 Å². The van der Waals surface area contributed by atoms with Crippen LogP contribution in [-0.2, 0) is 9.59 Å². The zero-order valence-electron chi connectivity index (χ0n) is 12.9. The molecule has 1 saturated heterocycles. The van der Waals surface area contributed by atoms with Gasteiger partial charge in [-0.3, -0.25) is 9.59 Å². The molecule has 0 aromatic heterocycles. The number of para-hydroxylation sites is 2. The number of amides is 2. The standard InChI is InChI=1S/C17H22N2O3/c1-2-22-15-6-4-3-5-14(15)18-16(20)10-17(21)19-11-12-7-8-13(19)9-12/h3-6,12-13H,2,7-11H2,1H3,(H,18,20)/t12-,13-/m0/s1. The largest absolute Gasteiger partial charge is 0.492 e. The summed E-state index contributed by atoms with van der Waals surface area (Å²) in [7, 11) is 0. The van der Waals surface area contributed by atoms with Crippen molar-refractivity contribution in [2.45, 2.75) is 38.6 Å². The Morgan fingerprint density at radius 2 is 2.14 bits per heavy atom. The van der Waals surface area contributed by atoms with Crippen molar-refractivity contribution in [1.82, 2.24) is 4.90 Å². The van der Waals surface area contributed by atoms with Crippen LogP contribution in [0.25, 0.3) is 0 Å². The van der Waals surface area contributed by atoms with E-state index in [1.807, 2.05) is 24.0 Å². The molecule has 0 spiro atoms. The second-order valence-corrected chi connectivity index (χ2v) is 6.03. The number of hydrogen-bond donors (Lipinski definition) is 1. The maximum atomic E-state index is 12.3. The third-order valence-corrected chi connectivity index (χ3v) is 4.50. The molecule has 1 saturated carbocycles. The molecule has 0 radical (unpaired) electrons. The molecule has 118 valence electrons. The maximum Gasteiger partial charge on any atom is 0.233 e.